The lowest BCUT2D eigenvalue weighted by molar-refractivity contribution is -0.137. The lowest BCUT2D eigenvalue weighted by atomic mass is 9.85. The normalized spacial score (nSPS) is 14.4. The number of aliphatic carboxylic acids is 1. The zero-order valence-electron chi connectivity index (χ0n) is 21.9. The van der Waals surface area contributed by atoms with Gasteiger partial charge in [-0.1, -0.05) is 30.0 Å². The molecule has 0 aliphatic carbocycles. The lowest BCUT2D eigenvalue weighted by Gasteiger charge is -2.34. The van der Waals surface area contributed by atoms with Crippen LogP contribution in [0.2, 0.25) is 0 Å². The fraction of sp³-hybridized carbons (Fsp3) is 0.448. The standard InChI is InChI=1S/C29H37BN2O4/c1-21(2)32(29(35)24-16-14-22(15-17-24)12-13-23-19-31(3)20-23)28(30)25-9-6-7-10-26(25)36-18-8-4-5-11-27(33)34/h6-7,9-10,14-17,21,23,28H,4-5,8,11,18-20,30H2,1-3H3,(H,33,34). The van der Waals surface area contributed by atoms with Crippen LogP contribution in [0, 0.1) is 17.8 Å². The summed E-state index contributed by atoms with van der Waals surface area (Å²) in [4.78, 5) is 28.4. The molecule has 2 aromatic rings. The van der Waals surface area contributed by atoms with Crippen molar-refractivity contribution in [2.45, 2.75) is 51.5 Å². The molecule has 0 spiro atoms. The molecule has 0 radical (unpaired) electrons. The third kappa shape index (κ3) is 7.63. The molecular weight excluding hydrogens is 451 g/mol. The second kappa shape index (κ2) is 13.2. The van der Waals surface area contributed by atoms with Gasteiger partial charge in [0.05, 0.1) is 6.61 Å². The number of likely N-dealkylation sites (tertiary alicyclic amines) is 1. The third-order valence-corrected chi connectivity index (χ3v) is 6.49. The van der Waals surface area contributed by atoms with Crippen molar-refractivity contribution in [2.75, 3.05) is 26.7 Å². The molecule has 1 atom stereocenters. The van der Waals surface area contributed by atoms with Gasteiger partial charge in [0.15, 0.2) is 0 Å². The summed E-state index contributed by atoms with van der Waals surface area (Å²) in [6.07, 6.45) is 2.42. The van der Waals surface area contributed by atoms with Crippen LogP contribution in [-0.4, -0.2) is 67.4 Å². The van der Waals surface area contributed by atoms with Crippen molar-refractivity contribution < 1.29 is 19.4 Å². The number of ether oxygens (including phenoxy) is 1. The van der Waals surface area contributed by atoms with Gasteiger partial charge in [-0.05, 0) is 70.5 Å². The van der Waals surface area contributed by atoms with Crippen LogP contribution in [0.3, 0.4) is 0 Å². The predicted octanol–water partition coefficient (Wildman–Crippen LogP) is 3.81. The number of amides is 1. The molecule has 1 unspecified atom stereocenters. The first-order valence-electron chi connectivity index (χ1n) is 12.8. The zero-order valence-corrected chi connectivity index (χ0v) is 21.9. The number of benzene rings is 2. The zero-order chi connectivity index (χ0) is 26.1. The van der Waals surface area contributed by atoms with Crippen LogP contribution in [0.4, 0.5) is 0 Å². The summed E-state index contributed by atoms with van der Waals surface area (Å²) in [5.41, 5.74) is 2.52. The Kier molecular flexibility index (Phi) is 10.0. The summed E-state index contributed by atoms with van der Waals surface area (Å²) in [7, 11) is 4.12. The Hall–Kier alpha value is -3.24. The molecule has 6 nitrogen and oxygen atoms in total. The maximum Gasteiger partial charge on any atom is 0.303 e. The minimum atomic E-state index is -0.766. The number of carboxylic acids is 1. The second-order valence-electron chi connectivity index (χ2n) is 9.84. The largest absolute Gasteiger partial charge is 0.493 e. The van der Waals surface area contributed by atoms with Gasteiger partial charge in [-0.25, -0.2) is 0 Å². The van der Waals surface area contributed by atoms with E-state index in [1.807, 2.05) is 75.1 Å². The first kappa shape index (κ1) is 27.4. The Balaban J connectivity index is 1.66. The van der Waals surface area contributed by atoms with Crippen LogP contribution >= 0.6 is 0 Å². The van der Waals surface area contributed by atoms with Gasteiger partial charge in [-0.2, -0.15) is 0 Å². The molecule has 1 amide bonds. The number of nitrogens with zero attached hydrogens (tertiary/aromatic N) is 2. The van der Waals surface area contributed by atoms with Gasteiger partial charge in [0.25, 0.3) is 5.91 Å². The summed E-state index contributed by atoms with van der Waals surface area (Å²) in [5.74, 6) is 6.75. The number of carboxylic acid groups (broad SMARTS) is 1. The SMILES string of the molecule is BC(c1ccccc1OCCCCCC(=O)O)N(C(=O)c1ccc(C#CC2CN(C)C2)cc1)C(C)C. The van der Waals surface area contributed by atoms with Gasteiger partial charge in [-0.3, -0.25) is 9.59 Å². The van der Waals surface area contributed by atoms with Crippen molar-refractivity contribution in [1.29, 1.82) is 0 Å². The summed E-state index contributed by atoms with van der Waals surface area (Å²) in [6, 6.07) is 15.4. The van der Waals surface area contributed by atoms with Gasteiger partial charge in [0.2, 0.25) is 0 Å². The van der Waals surface area contributed by atoms with E-state index in [0.29, 0.717) is 24.5 Å². The molecule has 190 valence electrons. The van der Waals surface area contributed by atoms with Crippen LogP contribution in [0.1, 0.15) is 67.0 Å². The van der Waals surface area contributed by atoms with E-state index in [1.165, 1.54) is 0 Å². The molecule has 0 saturated carbocycles. The summed E-state index contributed by atoms with van der Waals surface area (Å²) in [5, 5.41) is 8.78. The van der Waals surface area contributed by atoms with Crippen molar-refractivity contribution in [2.24, 2.45) is 5.92 Å². The van der Waals surface area contributed by atoms with Gasteiger partial charge < -0.3 is 19.6 Å². The molecule has 7 heteroatoms. The maximum absolute atomic E-state index is 13.6. The number of rotatable bonds is 11. The molecule has 0 aromatic heterocycles. The fourth-order valence-corrected chi connectivity index (χ4v) is 4.52. The van der Waals surface area contributed by atoms with E-state index in [1.54, 1.807) is 0 Å². The molecule has 1 heterocycles. The average Bonchev–Trinajstić information content (AvgIpc) is 2.83. The first-order valence-corrected chi connectivity index (χ1v) is 12.8. The molecule has 1 aliphatic rings. The van der Waals surface area contributed by atoms with Crippen LogP contribution in [-0.2, 0) is 4.79 Å². The Morgan fingerprint density at radius 1 is 1.11 bits per heavy atom. The number of carbonyl (C=O) groups excluding carboxylic acids is 1. The summed E-state index contributed by atoms with van der Waals surface area (Å²) < 4.78 is 6.06. The molecule has 1 N–H and O–H groups in total. The predicted molar refractivity (Wildman–Crippen MR) is 145 cm³/mol. The van der Waals surface area contributed by atoms with E-state index in [9.17, 15) is 9.59 Å². The minimum Gasteiger partial charge on any atom is -0.493 e. The third-order valence-electron chi connectivity index (χ3n) is 6.49. The van der Waals surface area contributed by atoms with E-state index in [2.05, 4.69) is 23.8 Å². The highest BCUT2D eigenvalue weighted by atomic mass is 16.5. The fourth-order valence-electron chi connectivity index (χ4n) is 4.52. The highest BCUT2D eigenvalue weighted by Crippen LogP contribution is 2.30. The molecule has 36 heavy (non-hydrogen) atoms. The maximum atomic E-state index is 13.6. The average molecular weight is 488 g/mol. The van der Waals surface area contributed by atoms with E-state index in [-0.39, 0.29) is 24.3 Å². The van der Waals surface area contributed by atoms with Crippen molar-refractivity contribution >= 4 is 19.7 Å². The van der Waals surface area contributed by atoms with Crippen LogP contribution in [0.25, 0.3) is 0 Å². The molecular formula is C29H37BN2O4. The van der Waals surface area contributed by atoms with Crippen LogP contribution < -0.4 is 4.74 Å². The van der Waals surface area contributed by atoms with E-state index in [0.717, 1.165) is 42.8 Å². The number of carbonyl (C=O) groups is 2. The van der Waals surface area contributed by atoms with Crippen molar-refractivity contribution in [1.82, 2.24) is 9.80 Å². The second-order valence-corrected chi connectivity index (χ2v) is 9.84. The molecule has 0 bridgehead atoms. The number of unbranched alkanes of at least 4 members (excludes halogenated alkanes) is 2. The highest BCUT2D eigenvalue weighted by molar-refractivity contribution is 6.14. The Morgan fingerprint density at radius 3 is 2.44 bits per heavy atom. The van der Waals surface area contributed by atoms with E-state index >= 15 is 0 Å². The van der Waals surface area contributed by atoms with Gasteiger partial charge in [0, 0.05) is 54.1 Å². The summed E-state index contributed by atoms with van der Waals surface area (Å²) >= 11 is 0. The molecule has 1 saturated heterocycles. The smallest absolute Gasteiger partial charge is 0.303 e. The summed E-state index contributed by atoms with van der Waals surface area (Å²) in [6.45, 7) is 6.59. The lowest BCUT2D eigenvalue weighted by Crippen LogP contribution is -2.42. The van der Waals surface area contributed by atoms with Crippen molar-refractivity contribution in [3.05, 3.63) is 65.2 Å². The quantitative estimate of drug-likeness (QED) is 0.296. The molecule has 1 aliphatic heterocycles. The van der Waals surface area contributed by atoms with Gasteiger partial charge in [-0.15, -0.1) is 0 Å². The van der Waals surface area contributed by atoms with Crippen molar-refractivity contribution in [3.8, 4) is 17.6 Å². The van der Waals surface area contributed by atoms with Gasteiger partial charge >= 0.3 is 5.97 Å². The highest BCUT2D eigenvalue weighted by Gasteiger charge is 2.27. The Bertz CT molecular complexity index is 1080. The van der Waals surface area contributed by atoms with Crippen LogP contribution in [0.15, 0.2) is 48.5 Å². The van der Waals surface area contributed by atoms with E-state index < -0.39 is 5.97 Å². The molecule has 3 rings (SSSR count). The number of hydrogen-bond donors (Lipinski definition) is 1. The van der Waals surface area contributed by atoms with Gasteiger partial charge in [0.1, 0.15) is 13.6 Å². The number of hydrogen-bond acceptors (Lipinski definition) is 4. The Morgan fingerprint density at radius 2 is 1.81 bits per heavy atom. The monoisotopic (exact) mass is 488 g/mol. The number of para-hydroxylation sites is 1. The first-order chi connectivity index (χ1) is 17.3. The topological polar surface area (TPSA) is 70.1 Å². The Labute approximate surface area is 216 Å². The van der Waals surface area contributed by atoms with Crippen molar-refractivity contribution in [3.63, 3.8) is 0 Å². The molecule has 1 fully saturated rings. The minimum absolute atomic E-state index is 0.00773. The van der Waals surface area contributed by atoms with E-state index in [4.69, 9.17) is 9.84 Å². The van der Waals surface area contributed by atoms with Crippen LogP contribution in [0.5, 0.6) is 5.75 Å². The molecule has 2 aromatic carbocycles.